The Kier molecular flexibility index (Phi) is 6.36. The van der Waals surface area contributed by atoms with Gasteiger partial charge in [0.25, 0.3) is 0 Å². The van der Waals surface area contributed by atoms with Crippen LogP contribution in [0.2, 0.25) is 0 Å². The molecule has 0 N–H and O–H groups in total. The van der Waals surface area contributed by atoms with E-state index < -0.39 is 10.0 Å². The number of nitrogens with zero attached hydrogens (tertiary/aromatic N) is 2. The van der Waals surface area contributed by atoms with E-state index in [0.717, 1.165) is 16.9 Å². The number of rotatable bonds is 6. The van der Waals surface area contributed by atoms with E-state index >= 15 is 0 Å². The molecule has 28 heavy (non-hydrogen) atoms. The van der Waals surface area contributed by atoms with Crippen LogP contribution in [0.1, 0.15) is 17.5 Å². The zero-order chi connectivity index (χ0) is 20.1. The highest BCUT2D eigenvalue weighted by molar-refractivity contribution is 7.89. The molecule has 1 amide bonds. The molecule has 1 heterocycles. The molecule has 1 saturated heterocycles. The van der Waals surface area contributed by atoms with Crippen LogP contribution in [0.3, 0.4) is 0 Å². The van der Waals surface area contributed by atoms with Crippen LogP contribution in [0.25, 0.3) is 0 Å². The highest BCUT2D eigenvalue weighted by Crippen LogP contribution is 2.18. The van der Waals surface area contributed by atoms with Crippen molar-refractivity contribution < 1.29 is 17.9 Å². The first-order valence-corrected chi connectivity index (χ1v) is 10.8. The summed E-state index contributed by atoms with van der Waals surface area (Å²) in [6.45, 7) is 5.64. The average molecular weight is 403 g/mol. The van der Waals surface area contributed by atoms with Crippen LogP contribution in [0.15, 0.2) is 53.4 Å². The summed E-state index contributed by atoms with van der Waals surface area (Å²) in [7, 11) is -3.51. The lowest BCUT2D eigenvalue weighted by atomic mass is 10.2. The second-order valence-electron chi connectivity index (χ2n) is 7.01. The van der Waals surface area contributed by atoms with Gasteiger partial charge in [0.2, 0.25) is 15.9 Å². The van der Waals surface area contributed by atoms with E-state index in [1.807, 2.05) is 38.1 Å². The van der Waals surface area contributed by atoms with Gasteiger partial charge >= 0.3 is 0 Å². The summed E-state index contributed by atoms with van der Waals surface area (Å²) in [5.41, 5.74) is 2.17. The van der Waals surface area contributed by atoms with E-state index in [1.165, 1.54) is 4.31 Å². The summed E-state index contributed by atoms with van der Waals surface area (Å²) < 4.78 is 32.5. The van der Waals surface area contributed by atoms with Gasteiger partial charge in [0.05, 0.1) is 17.9 Å². The van der Waals surface area contributed by atoms with Gasteiger partial charge in [-0.15, -0.1) is 0 Å². The second-order valence-corrected chi connectivity index (χ2v) is 8.95. The lowest BCUT2D eigenvalue weighted by molar-refractivity contribution is -0.132. The van der Waals surface area contributed by atoms with Crippen LogP contribution < -0.4 is 4.74 Å². The fourth-order valence-corrected chi connectivity index (χ4v) is 4.51. The van der Waals surface area contributed by atoms with E-state index in [4.69, 9.17) is 4.74 Å². The predicted molar refractivity (Wildman–Crippen MR) is 108 cm³/mol. The van der Waals surface area contributed by atoms with Crippen LogP contribution in [0, 0.1) is 13.8 Å². The minimum Gasteiger partial charge on any atom is -0.493 e. The Labute approximate surface area is 166 Å². The summed E-state index contributed by atoms with van der Waals surface area (Å²) in [6, 6.07) is 14.5. The lowest BCUT2D eigenvalue weighted by Gasteiger charge is -2.34. The molecule has 7 heteroatoms. The van der Waals surface area contributed by atoms with Crippen LogP contribution in [-0.2, 0) is 14.8 Å². The number of aryl methyl sites for hydroxylation is 2. The molecule has 0 saturated carbocycles. The van der Waals surface area contributed by atoms with Crippen molar-refractivity contribution >= 4 is 15.9 Å². The minimum atomic E-state index is -3.51. The Balaban J connectivity index is 1.48. The number of carbonyl (C=O) groups excluding carboxylic acids is 1. The number of sulfonamides is 1. The van der Waals surface area contributed by atoms with Crippen LogP contribution in [0.4, 0.5) is 0 Å². The number of benzene rings is 2. The van der Waals surface area contributed by atoms with E-state index in [2.05, 4.69) is 0 Å². The number of hydrogen-bond acceptors (Lipinski definition) is 4. The monoisotopic (exact) mass is 402 g/mol. The molecule has 0 spiro atoms. The minimum absolute atomic E-state index is 0.0144. The van der Waals surface area contributed by atoms with Crippen molar-refractivity contribution in [3.63, 3.8) is 0 Å². The molecular formula is C21H26N2O4S. The van der Waals surface area contributed by atoms with E-state index in [0.29, 0.717) is 37.7 Å². The van der Waals surface area contributed by atoms with Crippen molar-refractivity contribution in [3.05, 3.63) is 59.7 Å². The Bertz CT molecular complexity index is 900. The molecule has 0 radical (unpaired) electrons. The molecule has 0 aliphatic carbocycles. The molecule has 1 aliphatic heterocycles. The Morgan fingerprint density at radius 2 is 1.43 bits per heavy atom. The van der Waals surface area contributed by atoms with Gasteiger partial charge in [-0.25, -0.2) is 8.42 Å². The maximum Gasteiger partial charge on any atom is 0.243 e. The lowest BCUT2D eigenvalue weighted by Crippen LogP contribution is -2.50. The molecule has 2 aromatic carbocycles. The molecular weight excluding hydrogens is 376 g/mol. The van der Waals surface area contributed by atoms with E-state index in [9.17, 15) is 13.2 Å². The molecule has 150 valence electrons. The first kappa shape index (κ1) is 20.4. The standard InChI is InChI=1S/C21H26N2O4S/c1-17-3-7-19(8-4-17)27-16-11-21(24)22-12-14-23(15-13-22)28(25,26)20-9-5-18(2)6-10-20/h3-10H,11-16H2,1-2H3. The SMILES string of the molecule is Cc1ccc(OCCC(=O)N2CCN(S(=O)(=O)c3ccc(C)cc3)CC2)cc1. The molecule has 0 aromatic heterocycles. The Hall–Kier alpha value is -2.38. The zero-order valence-corrected chi connectivity index (χ0v) is 17.1. The van der Waals surface area contributed by atoms with Gasteiger partial charge in [-0.3, -0.25) is 4.79 Å². The third-order valence-electron chi connectivity index (χ3n) is 4.86. The van der Waals surface area contributed by atoms with Crippen molar-refractivity contribution in [1.29, 1.82) is 0 Å². The van der Waals surface area contributed by atoms with Crippen molar-refractivity contribution in [2.24, 2.45) is 0 Å². The van der Waals surface area contributed by atoms with Gasteiger partial charge in [-0.05, 0) is 38.1 Å². The van der Waals surface area contributed by atoms with Crippen molar-refractivity contribution in [2.75, 3.05) is 32.8 Å². The van der Waals surface area contributed by atoms with Gasteiger partial charge < -0.3 is 9.64 Å². The smallest absolute Gasteiger partial charge is 0.243 e. The van der Waals surface area contributed by atoms with Crippen molar-refractivity contribution in [2.45, 2.75) is 25.2 Å². The van der Waals surface area contributed by atoms with Crippen LogP contribution in [-0.4, -0.2) is 56.3 Å². The van der Waals surface area contributed by atoms with Gasteiger partial charge in [0.15, 0.2) is 0 Å². The second kappa shape index (κ2) is 8.75. The van der Waals surface area contributed by atoms with E-state index in [1.54, 1.807) is 29.2 Å². The molecule has 1 aliphatic rings. The number of piperazine rings is 1. The Morgan fingerprint density at radius 1 is 0.893 bits per heavy atom. The summed E-state index contributed by atoms with van der Waals surface area (Å²) in [5.74, 6) is 0.729. The molecule has 0 unspecified atom stereocenters. The summed E-state index contributed by atoms with van der Waals surface area (Å²) in [4.78, 5) is 14.4. The average Bonchev–Trinajstić information content (AvgIpc) is 2.70. The molecule has 6 nitrogen and oxygen atoms in total. The number of hydrogen-bond donors (Lipinski definition) is 0. The summed E-state index contributed by atoms with van der Waals surface area (Å²) in [5, 5.41) is 0. The third kappa shape index (κ3) is 4.91. The highest BCUT2D eigenvalue weighted by atomic mass is 32.2. The molecule has 0 atom stereocenters. The number of carbonyl (C=O) groups is 1. The fourth-order valence-electron chi connectivity index (χ4n) is 3.09. The summed E-state index contributed by atoms with van der Waals surface area (Å²) >= 11 is 0. The number of amides is 1. The fraction of sp³-hybridized carbons (Fsp3) is 0.381. The quantitative estimate of drug-likeness (QED) is 0.745. The highest BCUT2D eigenvalue weighted by Gasteiger charge is 2.29. The maximum absolute atomic E-state index is 12.7. The van der Waals surface area contributed by atoms with Crippen molar-refractivity contribution in [1.82, 2.24) is 9.21 Å². The van der Waals surface area contributed by atoms with Gasteiger partial charge in [-0.1, -0.05) is 35.4 Å². The van der Waals surface area contributed by atoms with Gasteiger partial charge in [-0.2, -0.15) is 4.31 Å². The number of ether oxygens (including phenoxy) is 1. The van der Waals surface area contributed by atoms with E-state index in [-0.39, 0.29) is 12.3 Å². The molecule has 1 fully saturated rings. The Morgan fingerprint density at radius 3 is 2.00 bits per heavy atom. The maximum atomic E-state index is 12.7. The first-order valence-electron chi connectivity index (χ1n) is 9.40. The third-order valence-corrected chi connectivity index (χ3v) is 6.77. The van der Waals surface area contributed by atoms with Gasteiger partial charge in [0.1, 0.15) is 5.75 Å². The first-order chi connectivity index (χ1) is 13.4. The van der Waals surface area contributed by atoms with Crippen LogP contribution in [0.5, 0.6) is 5.75 Å². The molecule has 0 bridgehead atoms. The predicted octanol–water partition coefficient (Wildman–Crippen LogP) is 2.61. The molecule has 3 rings (SSSR count). The van der Waals surface area contributed by atoms with Gasteiger partial charge in [0, 0.05) is 26.2 Å². The normalized spacial score (nSPS) is 15.4. The topological polar surface area (TPSA) is 66.9 Å². The van der Waals surface area contributed by atoms with Crippen molar-refractivity contribution in [3.8, 4) is 5.75 Å². The zero-order valence-electron chi connectivity index (χ0n) is 16.3. The largest absolute Gasteiger partial charge is 0.493 e. The molecule has 2 aromatic rings. The summed E-state index contributed by atoms with van der Waals surface area (Å²) in [6.07, 6.45) is 0.276. The van der Waals surface area contributed by atoms with Crippen LogP contribution >= 0.6 is 0 Å².